The summed E-state index contributed by atoms with van der Waals surface area (Å²) in [7, 11) is 1.68. The maximum Gasteiger partial charge on any atom is 0.418 e. The molecule has 3 nitrogen and oxygen atoms in total. The minimum Gasteiger partial charge on any atom is -0.376 e. The van der Waals surface area contributed by atoms with Crippen LogP contribution in [0.15, 0.2) is 18.2 Å². The molecule has 0 spiro atoms. The van der Waals surface area contributed by atoms with Crippen LogP contribution in [0, 0.1) is 0 Å². The van der Waals surface area contributed by atoms with Crippen molar-refractivity contribution in [3.8, 4) is 0 Å². The summed E-state index contributed by atoms with van der Waals surface area (Å²) < 4.78 is 45.1. The Kier molecular flexibility index (Phi) is 4.25. The number of rotatable bonds is 3. The average molecular weight is 288 g/mol. The lowest BCUT2D eigenvalue weighted by Gasteiger charge is -2.31. The summed E-state index contributed by atoms with van der Waals surface area (Å²) >= 11 is 0. The fraction of sp³-hybridized carbons (Fsp3) is 0.571. The Morgan fingerprint density at radius 2 is 2.10 bits per heavy atom. The first-order chi connectivity index (χ1) is 9.34. The highest BCUT2D eigenvalue weighted by Gasteiger charge is 2.37. The zero-order valence-corrected chi connectivity index (χ0v) is 11.6. The maximum atomic E-state index is 13.2. The molecule has 2 N–H and O–H groups in total. The molecule has 1 aliphatic rings. The number of halogens is 3. The van der Waals surface area contributed by atoms with Crippen LogP contribution < -0.4 is 10.6 Å². The van der Waals surface area contributed by atoms with Gasteiger partial charge in [0.1, 0.15) is 0 Å². The number of nitrogens with two attached hydrogens (primary N) is 1. The first-order valence-corrected chi connectivity index (χ1v) is 6.59. The highest BCUT2D eigenvalue weighted by Crippen LogP contribution is 2.38. The number of anilines is 1. The highest BCUT2D eigenvalue weighted by molar-refractivity contribution is 5.57. The van der Waals surface area contributed by atoms with Gasteiger partial charge >= 0.3 is 6.18 Å². The molecule has 112 valence electrons. The molecule has 0 aromatic heterocycles. The minimum absolute atomic E-state index is 0.0418. The van der Waals surface area contributed by atoms with E-state index in [2.05, 4.69) is 0 Å². The van der Waals surface area contributed by atoms with Crippen molar-refractivity contribution in [3.63, 3.8) is 0 Å². The summed E-state index contributed by atoms with van der Waals surface area (Å²) in [5.41, 5.74) is 5.45. The van der Waals surface area contributed by atoms with Gasteiger partial charge in [-0.15, -0.1) is 0 Å². The summed E-state index contributed by atoms with van der Waals surface area (Å²) in [6.45, 7) is 2.56. The molecular formula is C14H19F3N2O. The van der Waals surface area contributed by atoms with E-state index in [-0.39, 0.29) is 24.4 Å². The van der Waals surface area contributed by atoms with E-state index in [1.54, 1.807) is 18.0 Å². The molecule has 0 radical (unpaired) electrons. The summed E-state index contributed by atoms with van der Waals surface area (Å²) in [5, 5.41) is 0. The van der Waals surface area contributed by atoms with Gasteiger partial charge in [0.2, 0.25) is 0 Å². The van der Waals surface area contributed by atoms with Gasteiger partial charge in [-0.2, -0.15) is 13.2 Å². The summed E-state index contributed by atoms with van der Waals surface area (Å²) in [6.07, 6.45) is -3.74. The van der Waals surface area contributed by atoms with Gasteiger partial charge < -0.3 is 15.4 Å². The SMILES string of the molecule is CC1OCCC1N(C)c1ccc(CN)cc1C(F)(F)F. The van der Waals surface area contributed by atoms with Gasteiger partial charge in [-0.1, -0.05) is 6.07 Å². The number of nitrogens with zero attached hydrogens (tertiary/aromatic N) is 1. The molecule has 1 aromatic rings. The topological polar surface area (TPSA) is 38.5 Å². The molecule has 20 heavy (non-hydrogen) atoms. The van der Waals surface area contributed by atoms with Crippen molar-refractivity contribution in [2.24, 2.45) is 5.73 Å². The van der Waals surface area contributed by atoms with E-state index in [1.165, 1.54) is 6.07 Å². The van der Waals surface area contributed by atoms with E-state index in [0.717, 1.165) is 12.5 Å². The second-order valence-electron chi connectivity index (χ2n) is 5.10. The van der Waals surface area contributed by atoms with Crippen LogP contribution in [0.3, 0.4) is 0 Å². The maximum absolute atomic E-state index is 13.2. The highest BCUT2D eigenvalue weighted by atomic mass is 19.4. The molecule has 0 aliphatic carbocycles. The monoisotopic (exact) mass is 288 g/mol. The van der Waals surface area contributed by atoms with E-state index in [9.17, 15) is 13.2 Å². The Bertz CT molecular complexity index is 476. The summed E-state index contributed by atoms with van der Waals surface area (Å²) in [4.78, 5) is 1.67. The first kappa shape index (κ1) is 15.1. The first-order valence-electron chi connectivity index (χ1n) is 6.59. The van der Waals surface area contributed by atoms with Crippen LogP contribution in [-0.2, 0) is 17.5 Å². The van der Waals surface area contributed by atoms with Gasteiger partial charge in [-0.3, -0.25) is 0 Å². The van der Waals surface area contributed by atoms with Crippen molar-refractivity contribution in [1.82, 2.24) is 0 Å². The van der Waals surface area contributed by atoms with Crippen LogP contribution >= 0.6 is 0 Å². The molecule has 1 saturated heterocycles. The van der Waals surface area contributed by atoms with Gasteiger partial charge in [0.05, 0.1) is 17.7 Å². The van der Waals surface area contributed by atoms with Crippen molar-refractivity contribution in [2.75, 3.05) is 18.6 Å². The van der Waals surface area contributed by atoms with Crippen LogP contribution in [0.25, 0.3) is 0 Å². The molecule has 1 fully saturated rings. The lowest BCUT2D eigenvalue weighted by Crippen LogP contribution is -2.37. The van der Waals surface area contributed by atoms with Crippen LogP contribution in [-0.4, -0.2) is 25.8 Å². The van der Waals surface area contributed by atoms with Crippen molar-refractivity contribution in [2.45, 2.75) is 38.2 Å². The van der Waals surface area contributed by atoms with Crippen LogP contribution in [0.5, 0.6) is 0 Å². The number of likely N-dealkylation sites (N-methyl/N-ethyl adjacent to an activating group) is 1. The van der Waals surface area contributed by atoms with Gasteiger partial charge in [-0.25, -0.2) is 0 Å². The molecular weight excluding hydrogens is 269 g/mol. The van der Waals surface area contributed by atoms with Crippen LogP contribution in [0.4, 0.5) is 18.9 Å². The molecule has 2 rings (SSSR count). The van der Waals surface area contributed by atoms with E-state index < -0.39 is 11.7 Å². The van der Waals surface area contributed by atoms with Crippen molar-refractivity contribution in [3.05, 3.63) is 29.3 Å². The molecule has 1 aromatic carbocycles. The molecule has 2 unspecified atom stereocenters. The smallest absolute Gasteiger partial charge is 0.376 e. The fourth-order valence-corrected chi connectivity index (χ4v) is 2.65. The Balaban J connectivity index is 2.39. The predicted molar refractivity (Wildman–Crippen MR) is 71.6 cm³/mol. The predicted octanol–water partition coefficient (Wildman–Crippen LogP) is 2.78. The third-order valence-corrected chi connectivity index (χ3v) is 3.82. The zero-order valence-electron chi connectivity index (χ0n) is 11.6. The molecule has 0 bridgehead atoms. The second-order valence-corrected chi connectivity index (χ2v) is 5.10. The van der Waals surface area contributed by atoms with E-state index in [1.807, 2.05) is 6.92 Å². The summed E-state index contributed by atoms with van der Waals surface area (Å²) in [5.74, 6) is 0. The second kappa shape index (κ2) is 5.61. The lowest BCUT2D eigenvalue weighted by atomic mass is 10.0. The van der Waals surface area contributed by atoms with Crippen molar-refractivity contribution in [1.29, 1.82) is 0 Å². The van der Waals surface area contributed by atoms with Gasteiger partial charge in [0.15, 0.2) is 0 Å². The number of benzene rings is 1. The number of hydrogen-bond acceptors (Lipinski definition) is 3. The standard InChI is InChI=1S/C14H19F3N2O/c1-9-12(5-6-20-9)19(2)13-4-3-10(8-18)7-11(13)14(15,16)17/h3-4,7,9,12H,5-6,8,18H2,1-2H3. The van der Waals surface area contributed by atoms with Gasteiger partial charge in [0, 0.05) is 25.9 Å². The molecule has 0 saturated carbocycles. The lowest BCUT2D eigenvalue weighted by molar-refractivity contribution is -0.137. The van der Waals surface area contributed by atoms with Gasteiger partial charge in [-0.05, 0) is 31.0 Å². The van der Waals surface area contributed by atoms with Crippen LogP contribution in [0.2, 0.25) is 0 Å². The van der Waals surface area contributed by atoms with Gasteiger partial charge in [0.25, 0.3) is 0 Å². The van der Waals surface area contributed by atoms with E-state index in [0.29, 0.717) is 12.2 Å². The normalized spacial score (nSPS) is 23.1. The average Bonchev–Trinajstić information content (AvgIpc) is 2.82. The number of ether oxygens (including phenoxy) is 1. The third-order valence-electron chi connectivity index (χ3n) is 3.82. The molecule has 2 atom stereocenters. The molecule has 0 amide bonds. The molecule has 1 heterocycles. The van der Waals surface area contributed by atoms with E-state index in [4.69, 9.17) is 10.5 Å². The summed E-state index contributed by atoms with van der Waals surface area (Å²) in [6, 6.07) is 4.23. The molecule has 1 aliphatic heterocycles. The Labute approximate surface area is 116 Å². The third kappa shape index (κ3) is 2.91. The fourth-order valence-electron chi connectivity index (χ4n) is 2.65. The number of hydrogen-bond donors (Lipinski definition) is 1. The minimum atomic E-state index is -4.39. The van der Waals surface area contributed by atoms with Crippen molar-refractivity contribution < 1.29 is 17.9 Å². The zero-order chi connectivity index (χ0) is 14.9. The largest absolute Gasteiger partial charge is 0.418 e. The Morgan fingerprint density at radius 3 is 2.60 bits per heavy atom. The van der Waals surface area contributed by atoms with Crippen molar-refractivity contribution >= 4 is 5.69 Å². The van der Waals surface area contributed by atoms with E-state index >= 15 is 0 Å². The molecule has 6 heteroatoms. The Morgan fingerprint density at radius 1 is 1.40 bits per heavy atom. The van der Waals surface area contributed by atoms with Crippen LogP contribution in [0.1, 0.15) is 24.5 Å². The Hall–Kier alpha value is -1.27. The quantitative estimate of drug-likeness (QED) is 0.929. The number of alkyl halides is 3.